The molecule has 2 aromatic heterocycles. The zero-order valence-corrected chi connectivity index (χ0v) is 10.9. The Morgan fingerprint density at radius 2 is 1.95 bits per heavy atom. The summed E-state index contributed by atoms with van der Waals surface area (Å²) in [5, 5.41) is 1.09. The van der Waals surface area contributed by atoms with Crippen LogP contribution in [0.5, 0.6) is 0 Å². The van der Waals surface area contributed by atoms with E-state index in [1.165, 1.54) is 5.56 Å². The summed E-state index contributed by atoms with van der Waals surface area (Å²) in [7, 11) is 1.99. The van der Waals surface area contributed by atoms with Crippen LogP contribution in [0.3, 0.4) is 0 Å². The summed E-state index contributed by atoms with van der Waals surface area (Å²) in [6.45, 7) is 0.506. The molecule has 0 aliphatic heterocycles. The molecule has 0 spiro atoms. The number of nitrogens with zero attached hydrogens (tertiary/aromatic N) is 3. The highest BCUT2D eigenvalue weighted by Gasteiger charge is 2.12. The van der Waals surface area contributed by atoms with E-state index in [1.54, 1.807) is 6.33 Å². The molecule has 2 heterocycles. The highest BCUT2D eigenvalue weighted by atomic mass is 15.0. The molecule has 0 saturated heterocycles. The van der Waals surface area contributed by atoms with Gasteiger partial charge in [-0.2, -0.15) is 0 Å². The lowest BCUT2D eigenvalue weighted by atomic mass is 10.1. The third-order valence-electron chi connectivity index (χ3n) is 3.34. The molecule has 0 radical (unpaired) electrons. The van der Waals surface area contributed by atoms with Crippen molar-refractivity contribution in [3.05, 3.63) is 59.7 Å². The number of fused-ring (bicyclic) bond motifs is 1. The second-order valence-electron chi connectivity index (χ2n) is 4.65. The smallest absolute Gasteiger partial charge is 0.143 e. The third kappa shape index (κ3) is 2.11. The van der Waals surface area contributed by atoms with Crippen LogP contribution in [0.25, 0.3) is 11.0 Å². The Bertz CT molecular complexity index is 701. The van der Waals surface area contributed by atoms with Gasteiger partial charge < -0.3 is 10.3 Å². The van der Waals surface area contributed by atoms with Crippen LogP contribution in [-0.4, -0.2) is 14.5 Å². The van der Waals surface area contributed by atoms with E-state index in [1.807, 2.05) is 36.0 Å². The zero-order chi connectivity index (χ0) is 13.2. The van der Waals surface area contributed by atoms with E-state index in [0.29, 0.717) is 6.54 Å². The molecule has 0 saturated carbocycles. The van der Waals surface area contributed by atoms with E-state index in [4.69, 9.17) is 5.73 Å². The number of nitrogens with two attached hydrogens (primary N) is 1. The lowest BCUT2D eigenvalue weighted by molar-refractivity contribution is 0.927. The SMILES string of the molecule is Cn1cc(CN)c2c(Cc3ccccc3)ncnc21. The summed E-state index contributed by atoms with van der Waals surface area (Å²) < 4.78 is 2.01. The minimum absolute atomic E-state index is 0.506. The highest BCUT2D eigenvalue weighted by molar-refractivity contribution is 5.83. The minimum atomic E-state index is 0.506. The summed E-state index contributed by atoms with van der Waals surface area (Å²) in [6, 6.07) is 10.3. The molecule has 0 bridgehead atoms. The van der Waals surface area contributed by atoms with Crippen molar-refractivity contribution in [1.82, 2.24) is 14.5 Å². The maximum atomic E-state index is 5.82. The number of benzene rings is 1. The Kier molecular flexibility index (Phi) is 3.01. The van der Waals surface area contributed by atoms with Gasteiger partial charge in [-0.15, -0.1) is 0 Å². The fourth-order valence-electron chi connectivity index (χ4n) is 2.45. The lowest BCUT2D eigenvalue weighted by Gasteiger charge is -2.04. The predicted octanol–water partition coefficient (Wildman–Crippen LogP) is 2.02. The zero-order valence-electron chi connectivity index (χ0n) is 10.9. The van der Waals surface area contributed by atoms with Gasteiger partial charge in [-0.25, -0.2) is 9.97 Å². The molecule has 0 fully saturated rings. The van der Waals surface area contributed by atoms with Gasteiger partial charge >= 0.3 is 0 Å². The fraction of sp³-hybridized carbons (Fsp3) is 0.200. The second kappa shape index (κ2) is 4.82. The maximum Gasteiger partial charge on any atom is 0.143 e. The van der Waals surface area contributed by atoms with Crippen LogP contribution in [0.2, 0.25) is 0 Å². The molecule has 0 unspecified atom stereocenters. The van der Waals surface area contributed by atoms with E-state index in [0.717, 1.165) is 28.7 Å². The topological polar surface area (TPSA) is 56.7 Å². The average Bonchev–Trinajstić information content (AvgIpc) is 2.78. The van der Waals surface area contributed by atoms with Gasteiger partial charge in [-0.05, 0) is 11.1 Å². The van der Waals surface area contributed by atoms with Crippen LogP contribution >= 0.6 is 0 Å². The number of aryl methyl sites for hydroxylation is 1. The predicted molar refractivity (Wildman–Crippen MR) is 75.6 cm³/mol. The molecule has 3 rings (SSSR count). The van der Waals surface area contributed by atoms with Gasteiger partial charge in [0.25, 0.3) is 0 Å². The normalized spacial score (nSPS) is 11.1. The van der Waals surface area contributed by atoms with Crippen molar-refractivity contribution >= 4 is 11.0 Å². The van der Waals surface area contributed by atoms with Gasteiger partial charge in [0.05, 0.1) is 5.69 Å². The van der Waals surface area contributed by atoms with Gasteiger partial charge in [0, 0.05) is 31.6 Å². The van der Waals surface area contributed by atoms with Crippen LogP contribution in [0.1, 0.15) is 16.8 Å². The monoisotopic (exact) mass is 252 g/mol. The van der Waals surface area contributed by atoms with Crippen LogP contribution in [0.4, 0.5) is 0 Å². The Morgan fingerprint density at radius 1 is 1.16 bits per heavy atom. The highest BCUT2D eigenvalue weighted by Crippen LogP contribution is 2.23. The molecule has 19 heavy (non-hydrogen) atoms. The summed E-state index contributed by atoms with van der Waals surface area (Å²) in [5.41, 5.74) is 10.2. The lowest BCUT2D eigenvalue weighted by Crippen LogP contribution is -1.99. The number of hydrogen-bond acceptors (Lipinski definition) is 3. The van der Waals surface area contributed by atoms with Crippen molar-refractivity contribution in [3.8, 4) is 0 Å². The molecule has 4 nitrogen and oxygen atoms in total. The summed E-state index contributed by atoms with van der Waals surface area (Å²) in [6.07, 6.45) is 4.46. The van der Waals surface area contributed by atoms with Crippen molar-refractivity contribution in [2.45, 2.75) is 13.0 Å². The molecular weight excluding hydrogens is 236 g/mol. The maximum absolute atomic E-state index is 5.82. The van der Waals surface area contributed by atoms with Crippen molar-refractivity contribution in [3.63, 3.8) is 0 Å². The second-order valence-corrected chi connectivity index (χ2v) is 4.65. The molecule has 4 heteroatoms. The summed E-state index contributed by atoms with van der Waals surface area (Å²) in [5.74, 6) is 0. The molecule has 96 valence electrons. The van der Waals surface area contributed by atoms with Crippen LogP contribution in [-0.2, 0) is 20.0 Å². The Morgan fingerprint density at radius 3 is 2.68 bits per heavy atom. The number of hydrogen-bond donors (Lipinski definition) is 1. The first kappa shape index (κ1) is 11.9. The quantitative estimate of drug-likeness (QED) is 0.776. The van der Waals surface area contributed by atoms with Crippen molar-refractivity contribution in [1.29, 1.82) is 0 Å². The van der Waals surface area contributed by atoms with Crippen molar-refractivity contribution in [2.75, 3.05) is 0 Å². The van der Waals surface area contributed by atoms with E-state index in [2.05, 4.69) is 22.1 Å². The van der Waals surface area contributed by atoms with Gasteiger partial charge in [-0.1, -0.05) is 30.3 Å². The molecule has 0 aliphatic rings. The fourth-order valence-corrected chi connectivity index (χ4v) is 2.45. The number of rotatable bonds is 3. The Labute approximate surface area is 111 Å². The van der Waals surface area contributed by atoms with E-state index >= 15 is 0 Å². The Hall–Kier alpha value is -2.20. The van der Waals surface area contributed by atoms with Crippen molar-refractivity contribution in [2.24, 2.45) is 12.8 Å². The first-order valence-corrected chi connectivity index (χ1v) is 6.31. The molecule has 0 aliphatic carbocycles. The van der Waals surface area contributed by atoms with Gasteiger partial charge in [0.1, 0.15) is 12.0 Å². The van der Waals surface area contributed by atoms with Gasteiger partial charge in [0.2, 0.25) is 0 Å². The van der Waals surface area contributed by atoms with Gasteiger partial charge in [0.15, 0.2) is 0 Å². The Balaban J connectivity index is 2.13. The molecule has 3 aromatic rings. The minimum Gasteiger partial charge on any atom is -0.335 e. The van der Waals surface area contributed by atoms with E-state index < -0.39 is 0 Å². The van der Waals surface area contributed by atoms with E-state index in [-0.39, 0.29) is 0 Å². The summed E-state index contributed by atoms with van der Waals surface area (Å²) >= 11 is 0. The third-order valence-corrected chi connectivity index (χ3v) is 3.34. The van der Waals surface area contributed by atoms with Crippen LogP contribution in [0.15, 0.2) is 42.9 Å². The van der Waals surface area contributed by atoms with E-state index in [9.17, 15) is 0 Å². The largest absolute Gasteiger partial charge is 0.335 e. The molecule has 0 amide bonds. The number of aromatic nitrogens is 3. The van der Waals surface area contributed by atoms with Gasteiger partial charge in [-0.3, -0.25) is 0 Å². The molecular formula is C15H16N4. The van der Waals surface area contributed by atoms with Crippen molar-refractivity contribution < 1.29 is 0 Å². The molecule has 0 atom stereocenters. The first-order valence-electron chi connectivity index (χ1n) is 6.31. The van der Waals surface area contributed by atoms with Crippen LogP contribution < -0.4 is 5.73 Å². The summed E-state index contributed by atoms with van der Waals surface area (Å²) in [4.78, 5) is 8.79. The standard InChI is InChI=1S/C15H16N4/c1-19-9-12(8-16)14-13(17-10-18-15(14)19)7-11-5-3-2-4-6-11/h2-6,9-10H,7-8,16H2,1H3. The first-order chi connectivity index (χ1) is 9.29. The average molecular weight is 252 g/mol. The van der Waals surface area contributed by atoms with Crippen LogP contribution in [0, 0.1) is 0 Å². The molecule has 1 aromatic carbocycles. The molecule has 2 N–H and O–H groups in total.